The van der Waals surface area contributed by atoms with Gasteiger partial charge in [-0.2, -0.15) is 5.26 Å². The third kappa shape index (κ3) is 5.26. The molecule has 1 N–H and O–H groups in total. The first-order chi connectivity index (χ1) is 7.72. The van der Waals surface area contributed by atoms with Crippen LogP contribution in [0.3, 0.4) is 0 Å². The Balaban J connectivity index is 2.05. The van der Waals surface area contributed by atoms with Crippen LogP contribution in [0, 0.1) is 11.3 Å². The van der Waals surface area contributed by atoms with Gasteiger partial charge in [-0.3, -0.25) is 0 Å². The maximum absolute atomic E-state index is 8.66. The second-order valence-corrected chi connectivity index (χ2v) is 4.86. The SMILES string of the molecule is CC(C)OCCCNCc1cc(C#N)cs1. The van der Waals surface area contributed by atoms with E-state index >= 15 is 0 Å². The summed E-state index contributed by atoms with van der Waals surface area (Å²) in [6, 6.07) is 4.07. The number of rotatable bonds is 7. The highest BCUT2D eigenvalue weighted by Crippen LogP contribution is 2.13. The highest BCUT2D eigenvalue weighted by atomic mass is 32.1. The molecule has 1 rings (SSSR count). The Morgan fingerprint density at radius 2 is 2.38 bits per heavy atom. The summed E-state index contributed by atoms with van der Waals surface area (Å²) in [5.74, 6) is 0. The van der Waals surface area contributed by atoms with Gasteiger partial charge in [-0.15, -0.1) is 11.3 Å². The third-order valence-electron chi connectivity index (χ3n) is 2.03. The first-order valence-corrected chi connectivity index (χ1v) is 6.40. The maximum Gasteiger partial charge on any atom is 0.100 e. The van der Waals surface area contributed by atoms with E-state index < -0.39 is 0 Å². The van der Waals surface area contributed by atoms with Crippen LogP contribution in [0.15, 0.2) is 11.4 Å². The van der Waals surface area contributed by atoms with Crippen molar-refractivity contribution < 1.29 is 4.74 Å². The Morgan fingerprint density at radius 3 is 3.00 bits per heavy atom. The minimum atomic E-state index is 0.315. The van der Waals surface area contributed by atoms with Crippen LogP contribution < -0.4 is 5.32 Å². The summed E-state index contributed by atoms with van der Waals surface area (Å²) < 4.78 is 5.44. The molecule has 0 aromatic carbocycles. The van der Waals surface area contributed by atoms with Crippen LogP contribution in [0.2, 0.25) is 0 Å². The van der Waals surface area contributed by atoms with E-state index in [9.17, 15) is 0 Å². The van der Waals surface area contributed by atoms with E-state index in [-0.39, 0.29) is 0 Å². The van der Waals surface area contributed by atoms with Gasteiger partial charge in [0, 0.05) is 23.4 Å². The summed E-state index contributed by atoms with van der Waals surface area (Å²) in [5, 5.41) is 13.9. The quantitative estimate of drug-likeness (QED) is 0.742. The van der Waals surface area contributed by atoms with Gasteiger partial charge in [0.15, 0.2) is 0 Å². The molecule has 1 heterocycles. The molecule has 0 bridgehead atoms. The first kappa shape index (κ1) is 13.2. The second kappa shape index (κ2) is 7.39. The zero-order valence-corrected chi connectivity index (χ0v) is 10.6. The molecule has 1 aromatic heterocycles. The number of nitrogens with zero attached hydrogens (tertiary/aromatic N) is 1. The van der Waals surface area contributed by atoms with Crippen molar-refractivity contribution in [3.05, 3.63) is 21.9 Å². The van der Waals surface area contributed by atoms with E-state index in [2.05, 4.69) is 11.4 Å². The molecule has 0 saturated heterocycles. The number of nitriles is 1. The van der Waals surface area contributed by atoms with Gasteiger partial charge in [-0.1, -0.05) is 0 Å². The van der Waals surface area contributed by atoms with Gasteiger partial charge in [-0.25, -0.2) is 0 Å². The van der Waals surface area contributed by atoms with Crippen LogP contribution in [0.5, 0.6) is 0 Å². The van der Waals surface area contributed by atoms with Gasteiger partial charge in [0.2, 0.25) is 0 Å². The van der Waals surface area contributed by atoms with Crippen LogP contribution in [-0.4, -0.2) is 19.3 Å². The number of hydrogen-bond acceptors (Lipinski definition) is 4. The number of thiophene rings is 1. The van der Waals surface area contributed by atoms with Crippen molar-refractivity contribution in [2.24, 2.45) is 0 Å². The molecule has 0 radical (unpaired) electrons. The molecule has 0 unspecified atom stereocenters. The average molecular weight is 238 g/mol. The van der Waals surface area contributed by atoms with Gasteiger partial charge < -0.3 is 10.1 Å². The topological polar surface area (TPSA) is 45.0 Å². The van der Waals surface area contributed by atoms with Gasteiger partial charge in [-0.05, 0) is 32.9 Å². The Hall–Kier alpha value is -0.890. The van der Waals surface area contributed by atoms with E-state index in [0.29, 0.717) is 6.10 Å². The van der Waals surface area contributed by atoms with E-state index in [1.807, 2.05) is 25.3 Å². The lowest BCUT2D eigenvalue weighted by molar-refractivity contribution is 0.0770. The van der Waals surface area contributed by atoms with E-state index in [1.165, 1.54) is 4.88 Å². The molecule has 0 aliphatic heterocycles. The van der Waals surface area contributed by atoms with Gasteiger partial charge in [0.1, 0.15) is 6.07 Å². The molecule has 3 nitrogen and oxygen atoms in total. The van der Waals surface area contributed by atoms with Crippen molar-refractivity contribution in [1.29, 1.82) is 5.26 Å². The lowest BCUT2D eigenvalue weighted by atomic mass is 10.3. The lowest BCUT2D eigenvalue weighted by Gasteiger charge is -2.07. The number of nitrogens with one attached hydrogen (secondary N) is 1. The Labute approximate surface area is 101 Å². The molecule has 0 fully saturated rings. The Morgan fingerprint density at radius 1 is 1.56 bits per heavy atom. The third-order valence-corrected chi connectivity index (χ3v) is 2.97. The fourth-order valence-electron chi connectivity index (χ4n) is 1.26. The maximum atomic E-state index is 8.66. The van der Waals surface area contributed by atoms with Gasteiger partial charge in [0.05, 0.1) is 11.7 Å². The van der Waals surface area contributed by atoms with Crippen molar-refractivity contribution >= 4 is 11.3 Å². The molecule has 0 atom stereocenters. The minimum absolute atomic E-state index is 0.315. The van der Waals surface area contributed by atoms with Crippen molar-refractivity contribution in [3.63, 3.8) is 0 Å². The fourth-order valence-corrected chi connectivity index (χ4v) is 2.04. The van der Waals surface area contributed by atoms with Crippen LogP contribution in [0.4, 0.5) is 0 Å². The van der Waals surface area contributed by atoms with Crippen LogP contribution >= 0.6 is 11.3 Å². The number of hydrogen-bond donors (Lipinski definition) is 1. The summed E-state index contributed by atoms with van der Waals surface area (Å²) in [6.07, 6.45) is 1.34. The standard InChI is InChI=1S/C12H18N2OS/c1-10(2)15-5-3-4-14-8-12-6-11(7-13)9-16-12/h6,9-10,14H,3-5,8H2,1-2H3. The Kier molecular flexibility index (Phi) is 6.09. The summed E-state index contributed by atoms with van der Waals surface area (Å²) in [5.41, 5.74) is 0.755. The van der Waals surface area contributed by atoms with Gasteiger partial charge >= 0.3 is 0 Å². The summed E-state index contributed by atoms with van der Waals surface area (Å²) in [7, 11) is 0. The normalized spacial score (nSPS) is 10.6. The molecule has 4 heteroatoms. The van der Waals surface area contributed by atoms with E-state index in [4.69, 9.17) is 10.00 Å². The molecule has 0 saturated carbocycles. The molecule has 88 valence electrons. The van der Waals surface area contributed by atoms with Crippen LogP contribution in [0.1, 0.15) is 30.7 Å². The monoisotopic (exact) mass is 238 g/mol. The van der Waals surface area contributed by atoms with Crippen LogP contribution in [-0.2, 0) is 11.3 Å². The molecule has 0 aliphatic carbocycles. The molecular weight excluding hydrogens is 220 g/mol. The van der Waals surface area contributed by atoms with E-state index in [0.717, 1.165) is 31.7 Å². The molecular formula is C12H18N2OS. The minimum Gasteiger partial charge on any atom is -0.379 e. The molecule has 1 aromatic rings. The fraction of sp³-hybridized carbons (Fsp3) is 0.583. The van der Waals surface area contributed by atoms with Gasteiger partial charge in [0.25, 0.3) is 0 Å². The largest absolute Gasteiger partial charge is 0.379 e. The molecule has 0 spiro atoms. The second-order valence-electron chi connectivity index (χ2n) is 3.86. The van der Waals surface area contributed by atoms with Crippen molar-refractivity contribution in [2.75, 3.05) is 13.2 Å². The van der Waals surface area contributed by atoms with E-state index in [1.54, 1.807) is 11.3 Å². The molecule has 0 aliphatic rings. The molecule has 16 heavy (non-hydrogen) atoms. The number of ether oxygens (including phenoxy) is 1. The van der Waals surface area contributed by atoms with Crippen molar-refractivity contribution in [2.45, 2.75) is 32.9 Å². The van der Waals surface area contributed by atoms with Crippen molar-refractivity contribution in [1.82, 2.24) is 5.32 Å². The first-order valence-electron chi connectivity index (χ1n) is 5.52. The predicted molar refractivity (Wildman–Crippen MR) is 66.4 cm³/mol. The Bertz CT molecular complexity index is 341. The molecule has 0 amide bonds. The summed E-state index contributed by atoms with van der Waals surface area (Å²) in [6.45, 7) is 6.68. The lowest BCUT2D eigenvalue weighted by Crippen LogP contribution is -2.16. The average Bonchev–Trinajstić information content (AvgIpc) is 2.70. The summed E-state index contributed by atoms with van der Waals surface area (Å²) >= 11 is 1.63. The van der Waals surface area contributed by atoms with Crippen molar-refractivity contribution in [3.8, 4) is 6.07 Å². The van der Waals surface area contributed by atoms with Crippen LogP contribution in [0.25, 0.3) is 0 Å². The predicted octanol–water partition coefficient (Wildman–Crippen LogP) is 2.52. The highest BCUT2D eigenvalue weighted by molar-refractivity contribution is 7.10. The smallest absolute Gasteiger partial charge is 0.100 e. The summed E-state index contributed by atoms with van der Waals surface area (Å²) in [4.78, 5) is 1.21. The zero-order valence-electron chi connectivity index (χ0n) is 9.82. The zero-order chi connectivity index (χ0) is 11.8. The highest BCUT2D eigenvalue weighted by Gasteiger charge is 1.98.